The number of ketones is 2. The number of ether oxygens (including phenoxy) is 2. The Kier molecular flexibility index (Phi) is 6.77. The van der Waals surface area contributed by atoms with Crippen molar-refractivity contribution in [1.29, 1.82) is 0 Å². The monoisotopic (exact) mass is 458 g/mol. The summed E-state index contributed by atoms with van der Waals surface area (Å²) in [5.41, 5.74) is -0.0646. The molecule has 0 bridgehead atoms. The van der Waals surface area contributed by atoms with E-state index in [4.69, 9.17) is 21.1 Å². The summed E-state index contributed by atoms with van der Waals surface area (Å²) < 4.78 is 11.1. The lowest BCUT2D eigenvalue weighted by molar-refractivity contribution is -0.153. The van der Waals surface area contributed by atoms with Crippen LogP contribution in [0.2, 0.25) is 0 Å². The number of rotatable bonds is 7. The van der Waals surface area contributed by atoms with E-state index in [9.17, 15) is 19.5 Å². The number of Topliss-reactive ketones (excluding diaryl/α,β-unsaturated/α-hetero) is 2. The average Bonchev–Trinajstić information content (AvgIpc) is 3.01. The molecule has 3 aliphatic rings. The van der Waals surface area contributed by atoms with Gasteiger partial charge in [-0.1, -0.05) is 49.6 Å². The predicted molar refractivity (Wildman–Crippen MR) is 120 cm³/mol. The number of fused-ring (bicyclic) bond motifs is 3. The molecular weight excluding hydrogens is 432 g/mol. The molecule has 3 atom stereocenters. The second-order valence-corrected chi connectivity index (χ2v) is 8.91. The van der Waals surface area contributed by atoms with Crippen LogP contribution in [0.4, 0.5) is 0 Å². The van der Waals surface area contributed by atoms with Crippen LogP contribution in [0.1, 0.15) is 47.5 Å². The molecule has 0 saturated heterocycles. The van der Waals surface area contributed by atoms with Gasteiger partial charge < -0.3 is 14.6 Å². The minimum atomic E-state index is -1.71. The molecule has 7 heteroatoms. The Morgan fingerprint density at radius 3 is 2.62 bits per heavy atom. The van der Waals surface area contributed by atoms with E-state index < -0.39 is 29.2 Å². The first-order chi connectivity index (χ1) is 15.0. The summed E-state index contributed by atoms with van der Waals surface area (Å²) in [5.74, 6) is -1.21. The Bertz CT molecular complexity index is 1070. The lowest BCUT2D eigenvalue weighted by atomic mass is 9.75. The van der Waals surface area contributed by atoms with Crippen LogP contribution in [0, 0.1) is 5.92 Å². The Balaban J connectivity index is 2.05. The van der Waals surface area contributed by atoms with Crippen molar-refractivity contribution < 1.29 is 29.0 Å². The van der Waals surface area contributed by atoms with Gasteiger partial charge in [0.05, 0.1) is 17.4 Å². The number of halogens is 1. The fourth-order valence-corrected chi connectivity index (χ4v) is 4.21. The van der Waals surface area contributed by atoms with Gasteiger partial charge in [-0.15, -0.1) is 0 Å². The molecule has 0 fully saturated rings. The van der Waals surface area contributed by atoms with Crippen LogP contribution in [0.3, 0.4) is 0 Å². The maximum absolute atomic E-state index is 13.1. The predicted octanol–water partition coefficient (Wildman–Crippen LogP) is 4.36. The Labute approximate surface area is 192 Å². The molecular formula is C25H27ClO6. The Morgan fingerprint density at radius 1 is 1.31 bits per heavy atom. The van der Waals surface area contributed by atoms with Crippen LogP contribution < -0.4 is 0 Å². The quantitative estimate of drug-likeness (QED) is 0.346. The summed E-state index contributed by atoms with van der Waals surface area (Å²) >= 11 is 6.39. The maximum Gasteiger partial charge on any atom is 0.343 e. The standard InChI is InChI=1S/C25H27ClO6/c1-6-13(2)9-14(3)7-8-16-11-17-18(12-31-16)21-20(19(28)10-15(4)27)24(30)32-25(21,5)23(29)22(17)26/h7-9,11-13,15,27H,6,10H2,1-5H3/b8-7+,14-9+/t13-,15?,25-/m0/s1. The Hall–Kier alpha value is -2.70. The zero-order chi connectivity index (χ0) is 23.8. The van der Waals surface area contributed by atoms with Gasteiger partial charge in [0.2, 0.25) is 5.78 Å². The van der Waals surface area contributed by atoms with E-state index in [1.54, 1.807) is 12.2 Å². The summed E-state index contributed by atoms with van der Waals surface area (Å²) in [7, 11) is 0. The zero-order valence-corrected chi connectivity index (χ0v) is 19.6. The van der Waals surface area contributed by atoms with Gasteiger partial charge in [-0.2, -0.15) is 0 Å². The number of carbonyl (C=O) groups excluding carboxylic acids is 3. The number of aliphatic hydroxyl groups excluding tert-OH is 1. The number of allylic oxidation sites excluding steroid dienone is 6. The highest BCUT2D eigenvalue weighted by Crippen LogP contribution is 2.49. The summed E-state index contributed by atoms with van der Waals surface area (Å²) in [6.07, 6.45) is 8.61. The van der Waals surface area contributed by atoms with Gasteiger partial charge in [-0.05, 0) is 38.8 Å². The minimum Gasteiger partial charge on any atom is -0.464 e. The van der Waals surface area contributed by atoms with Gasteiger partial charge >= 0.3 is 5.97 Å². The van der Waals surface area contributed by atoms with Crippen LogP contribution in [0.25, 0.3) is 0 Å². The first-order valence-electron chi connectivity index (χ1n) is 10.6. The third-order valence-electron chi connectivity index (χ3n) is 5.72. The summed E-state index contributed by atoms with van der Waals surface area (Å²) in [5, 5.41) is 9.51. The van der Waals surface area contributed by atoms with Crippen molar-refractivity contribution in [2.75, 3.05) is 0 Å². The molecule has 170 valence electrons. The van der Waals surface area contributed by atoms with Crippen molar-refractivity contribution in [3.63, 3.8) is 0 Å². The highest BCUT2D eigenvalue weighted by Gasteiger charge is 2.56. The summed E-state index contributed by atoms with van der Waals surface area (Å²) in [6, 6.07) is 0. The molecule has 0 aromatic heterocycles. The molecule has 0 radical (unpaired) electrons. The average molecular weight is 459 g/mol. The summed E-state index contributed by atoms with van der Waals surface area (Å²) in [6.45, 7) is 9.09. The van der Waals surface area contributed by atoms with Crippen LogP contribution >= 0.6 is 11.6 Å². The van der Waals surface area contributed by atoms with Crippen LogP contribution in [0.15, 0.2) is 69.2 Å². The van der Waals surface area contributed by atoms with Gasteiger partial charge in [-0.25, -0.2) is 4.79 Å². The Morgan fingerprint density at radius 2 is 2.00 bits per heavy atom. The molecule has 0 aromatic rings. The molecule has 1 unspecified atom stereocenters. The van der Waals surface area contributed by atoms with Crippen molar-refractivity contribution in [2.45, 2.75) is 59.2 Å². The first-order valence-corrected chi connectivity index (χ1v) is 11.0. The van der Waals surface area contributed by atoms with Gasteiger partial charge in [0.15, 0.2) is 11.4 Å². The van der Waals surface area contributed by atoms with Gasteiger partial charge in [0.1, 0.15) is 11.3 Å². The first kappa shape index (κ1) is 24.0. The fourth-order valence-electron chi connectivity index (χ4n) is 3.88. The molecule has 32 heavy (non-hydrogen) atoms. The number of hydrogen-bond donors (Lipinski definition) is 1. The lowest BCUT2D eigenvalue weighted by Crippen LogP contribution is -2.42. The molecule has 1 N–H and O–H groups in total. The zero-order valence-electron chi connectivity index (χ0n) is 18.8. The third kappa shape index (κ3) is 4.30. The van der Waals surface area contributed by atoms with Crippen molar-refractivity contribution in [3.05, 3.63) is 69.2 Å². The van der Waals surface area contributed by atoms with E-state index in [1.807, 2.05) is 13.0 Å². The van der Waals surface area contributed by atoms with Gasteiger partial charge in [-0.3, -0.25) is 9.59 Å². The second kappa shape index (κ2) is 9.04. The van der Waals surface area contributed by atoms with E-state index in [0.29, 0.717) is 22.8 Å². The highest BCUT2D eigenvalue weighted by molar-refractivity contribution is 6.46. The number of carbonyl (C=O) groups is 3. The van der Waals surface area contributed by atoms with Crippen LogP contribution in [-0.4, -0.2) is 34.3 Å². The molecule has 0 aromatic carbocycles. The molecule has 0 saturated carbocycles. The van der Waals surface area contributed by atoms with E-state index in [1.165, 1.54) is 20.1 Å². The second-order valence-electron chi connectivity index (χ2n) is 8.53. The largest absolute Gasteiger partial charge is 0.464 e. The van der Waals surface area contributed by atoms with E-state index in [-0.39, 0.29) is 22.6 Å². The molecule has 6 nitrogen and oxygen atoms in total. The molecule has 0 spiro atoms. The SMILES string of the molecule is CC[C@H](C)/C=C(C)/C=C/C1=CC2=C(Cl)C(=O)[C@@]3(C)OC(=O)C(C(=O)CC(C)O)=C3C2=CO1. The number of esters is 1. The minimum absolute atomic E-state index is 0.0967. The normalized spacial score (nSPS) is 25.2. The molecule has 3 rings (SSSR count). The molecule has 1 aliphatic carbocycles. The van der Waals surface area contributed by atoms with Gasteiger partial charge in [0, 0.05) is 23.1 Å². The van der Waals surface area contributed by atoms with Crippen molar-refractivity contribution in [1.82, 2.24) is 0 Å². The number of hydrogen-bond acceptors (Lipinski definition) is 6. The topological polar surface area (TPSA) is 89.9 Å². The van der Waals surface area contributed by atoms with E-state index >= 15 is 0 Å². The van der Waals surface area contributed by atoms with E-state index in [0.717, 1.165) is 12.0 Å². The van der Waals surface area contributed by atoms with Crippen LogP contribution in [0.5, 0.6) is 0 Å². The summed E-state index contributed by atoms with van der Waals surface area (Å²) in [4.78, 5) is 38.3. The fraction of sp³-hybridized carbons (Fsp3) is 0.400. The number of aliphatic hydroxyl groups is 1. The van der Waals surface area contributed by atoms with E-state index in [2.05, 4.69) is 19.9 Å². The maximum atomic E-state index is 13.1. The third-order valence-corrected chi connectivity index (χ3v) is 6.09. The van der Waals surface area contributed by atoms with Crippen LogP contribution in [-0.2, 0) is 23.9 Å². The van der Waals surface area contributed by atoms with Gasteiger partial charge in [0.25, 0.3) is 0 Å². The van der Waals surface area contributed by atoms with Crippen molar-refractivity contribution in [2.24, 2.45) is 5.92 Å². The lowest BCUT2D eigenvalue weighted by Gasteiger charge is -2.33. The molecule has 0 amide bonds. The highest BCUT2D eigenvalue weighted by atomic mass is 35.5. The van der Waals surface area contributed by atoms with Crippen molar-refractivity contribution in [3.8, 4) is 0 Å². The van der Waals surface area contributed by atoms with Crippen molar-refractivity contribution >= 4 is 29.1 Å². The molecule has 2 heterocycles. The molecule has 2 aliphatic heterocycles. The smallest absolute Gasteiger partial charge is 0.343 e.